The van der Waals surface area contributed by atoms with Crippen LogP contribution in [0.15, 0.2) is 42.1 Å². The molecule has 2 fully saturated rings. The number of ether oxygens (including phenoxy) is 1. The summed E-state index contributed by atoms with van der Waals surface area (Å²) in [6, 6.07) is 5.32. The molecule has 5 rings (SSSR count). The van der Waals surface area contributed by atoms with E-state index in [4.69, 9.17) is 10.5 Å². The molecule has 1 saturated carbocycles. The summed E-state index contributed by atoms with van der Waals surface area (Å²) in [5.41, 5.74) is 9.24. The van der Waals surface area contributed by atoms with E-state index < -0.39 is 17.8 Å². The van der Waals surface area contributed by atoms with Gasteiger partial charge in [-0.1, -0.05) is 0 Å². The zero-order valence-electron chi connectivity index (χ0n) is 17.8. The Hall–Kier alpha value is -3.10. The van der Waals surface area contributed by atoms with Crippen LogP contribution in [0.25, 0.3) is 0 Å². The van der Waals surface area contributed by atoms with Crippen molar-refractivity contribution in [2.45, 2.75) is 50.9 Å². The first-order valence-electron chi connectivity index (χ1n) is 10.9. The van der Waals surface area contributed by atoms with Gasteiger partial charge in [0.1, 0.15) is 29.7 Å². The fraction of sp³-hybridized carbons (Fsp3) is 0.435. The van der Waals surface area contributed by atoms with Gasteiger partial charge in [-0.15, -0.1) is 0 Å². The fourth-order valence-corrected chi connectivity index (χ4v) is 4.59. The molecule has 1 aliphatic carbocycles. The molecule has 1 aromatic heterocycles. The highest BCUT2D eigenvalue weighted by atomic mass is 19.1. The van der Waals surface area contributed by atoms with Gasteiger partial charge < -0.3 is 25.6 Å². The lowest BCUT2D eigenvalue weighted by Crippen LogP contribution is -2.52. The number of aromatic nitrogens is 1. The van der Waals surface area contributed by atoms with Crippen LogP contribution >= 0.6 is 0 Å². The van der Waals surface area contributed by atoms with Crippen molar-refractivity contribution in [2.24, 2.45) is 5.73 Å². The number of benzene rings is 1. The van der Waals surface area contributed by atoms with Crippen LogP contribution < -0.4 is 20.7 Å². The van der Waals surface area contributed by atoms with Gasteiger partial charge in [0.25, 0.3) is 0 Å². The van der Waals surface area contributed by atoms with Crippen LogP contribution in [0.3, 0.4) is 0 Å². The largest absolute Gasteiger partial charge is 0.487 e. The summed E-state index contributed by atoms with van der Waals surface area (Å²) in [6.07, 6.45) is 3.03. The van der Waals surface area contributed by atoms with Crippen molar-refractivity contribution in [1.82, 2.24) is 9.88 Å². The second-order valence-corrected chi connectivity index (χ2v) is 8.67. The molecule has 0 spiro atoms. The van der Waals surface area contributed by atoms with Gasteiger partial charge in [-0.25, -0.2) is 13.2 Å². The Morgan fingerprint density at radius 2 is 1.91 bits per heavy atom. The minimum atomic E-state index is -0.794. The Morgan fingerprint density at radius 3 is 2.59 bits per heavy atom. The Labute approximate surface area is 184 Å². The maximum absolute atomic E-state index is 13.9. The summed E-state index contributed by atoms with van der Waals surface area (Å²) in [5, 5.41) is 3.41. The number of hydrogen-bond acceptors (Lipinski definition) is 6. The number of anilines is 2. The maximum atomic E-state index is 13.9. The second kappa shape index (κ2) is 8.11. The number of alkyl halides is 1. The number of rotatable bonds is 4. The second-order valence-electron chi connectivity index (χ2n) is 8.67. The first-order valence-corrected chi connectivity index (χ1v) is 10.9. The SMILES string of the molecule is Cc1cc2c(cn1)NC(N1CCC(Oc3ccc(F)cc3F)CC1)=C(N)N2C1CC(F)C1. The fourth-order valence-electron chi connectivity index (χ4n) is 4.59. The average Bonchev–Trinajstić information content (AvgIpc) is 2.74. The topological polar surface area (TPSA) is 66.6 Å². The number of hydrogen-bond donors (Lipinski definition) is 2. The molecule has 1 aromatic carbocycles. The predicted molar refractivity (Wildman–Crippen MR) is 116 cm³/mol. The van der Waals surface area contributed by atoms with Crippen LogP contribution in [0, 0.1) is 18.6 Å². The number of nitrogens with one attached hydrogen (secondary N) is 1. The number of nitrogens with two attached hydrogens (primary N) is 1. The lowest BCUT2D eigenvalue weighted by Gasteiger charge is -2.46. The van der Waals surface area contributed by atoms with Crippen LogP contribution in [0.4, 0.5) is 24.5 Å². The van der Waals surface area contributed by atoms with E-state index in [9.17, 15) is 13.2 Å². The Bertz CT molecular complexity index is 1050. The molecule has 0 unspecified atom stereocenters. The highest BCUT2D eigenvalue weighted by Gasteiger charge is 2.39. The lowest BCUT2D eigenvalue weighted by atomic mass is 9.88. The molecule has 32 heavy (non-hydrogen) atoms. The number of aryl methyl sites for hydroxylation is 1. The van der Waals surface area contributed by atoms with Gasteiger partial charge in [-0.3, -0.25) is 4.98 Å². The molecule has 6 nitrogen and oxygen atoms in total. The van der Waals surface area contributed by atoms with E-state index >= 15 is 0 Å². The van der Waals surface area contributed by atoms with Crippen molar-refractivity contribution in [1.29, 1.82) is 0 Å². The summed E-state index contributed by atoms with van der Waals surface area (Å²) in [7, 11) is 0. The number of nitrogens with zero attached hydrogens (tertiary/aromatic N) is 3. The average molecular weight is 445 g/mol. The van der Waals surface area contributed by atoms with Crippen molar-refractivity contribution >= 4 is 11.4 Å². The lowest BCUT2D eigenvalue weighted by molar-refractivity contribution is 0.112. The third-order valence-corrected chi connectivity index (χ3v) is 6.40. The standard InChI is InChI=1S/C23H26F3N5O/c1-13-8-20-19(12-28-13)29-23(22(27)31(20)16-9-15(25)10-16)30-6-4-17(5-7-30)32-21-3-2-14(24)11-18(21)26/h2-3,8,11-12,15-17,29H,4-7,9-10,27H2,1H3. The molecule has 3 heterocycles. The third kappa shape index (κ3) is 3.80. The molecular weight excluding hydrogens is 419 g/mol. The van der Waals surface area contributed by atoms with Gasteiger partial charge in [0.15, 0.2) is 11.6 Å². The van der Waals surface area contributed by atoms with E-state index in [1.54, 1.807) is 6.20 Å². The van der Waals surface area contributed by atoms with Crippen LogP contribution in [0.5, 0.6) is 5.75 Å². The van der Waals surface area contributed by atoms with E-state index in [2.05, 4.69) is 15.2 Å². The van der Waals surface area contributed by atoms with Crippen molar-refractivity contribution in [3.8, 4) is 5.75 Å². The number of halogens is 3. The first kappa shape index (κ1) is 20.8. The van der Waals surface area contributed by atoms with Crippen molar-refractivity contribution in [3.63, 3.8) is 0 Å². The molecule has 170 valence electrons. The van der Waals surface area contributed by atoms with Crippen molar-refractivity contribution in [3.05, 3.63) is 59.4 Å². The molecule has 2 aromatic rings. The molecule has 9 heteroatoms. The molecule has 3 N–H and O–H groups in total. The van der Waals surface area contributed by atoms with E-state index in [0.29, 0.717) is 44.6 Å². The van der Waals surface area contributed by atoms with Gasteiger partial charge in [-0.05, 0) is 38.0 Å². The Balaban J connectivity index is 1.32. The monoisotopic (exact) mass is 445 g/mol. The van der Waals surface area contributed by atoms with E-state index in [1.807, 2.05) is 17.9 Å². The summed E-state index contributed by atoms with van der Waals surface area (Å²) in [5.74, 6) is 0.0815. The highest BCUT2D eigenvalue weighted by Crippen LogP contribution is 2.41. The van der Waals surface area contributed by atoms with Gasteiger partial charge in [0.05, 0.1) is 17.6 Å². The maximum Gasteiger partial charge on any atom is 0.167 e. The van der Waals surface area contributed by atoms with E-state index in [-0.39, 0.29) is 17.9 Å². The quantitative estimate of drug-likeness (QED) is 0.741. The van der Waals surface area contributed by atoms with Gasteiger partial charge in [0.2, 0.25) is 0 Å². The Kier molecular flexibility index (Phi) is 5.27. The molecule has 0 amide bonds. The highest BCUT2D eigenvalue weighted by molar-refractivity contribution is 5.77. The van der Waals surface area contributed by atoms with E-state index in [1.165, 1.54) is 12.1 Å². The number of likely N-dealkylation sites (tertiary alicyclic amines) is 1. The van der Waals surface area contributed by atoms with Crippen LogP contribution in [0.1, 0.15) is 31.4 Å². The summed E-state index contributed by atoms with van der Waals surface area (Å²) in [6.45, 7) is 3.21. The molecule has 3 aliphatic rings. The molecular formula is C23H26F3N5O. The van der Waals surface area contributed by atoms with E-state index in [0.717, 1.165) is 29.0 Å². The summed E-state index contributed by atoms with van der Waals surface area (Å²) >= 11 is 0. The molecule has 0 radical (unpaired) electrons. The van der Waals surface area contributed by atoms with Gasteiger partial charge in [-0.2, -0.15) is 0 Å². The smallest absolute Gasteiger partial charge is 0.167 e. The number of fused-ring (bicyclic) bond motifs is 1. The normalized spacial score (nSPS) is 23.5. The number of piperidine rings is 1. The Morgan fingerprint density at radius 1 is 1.16 bits per heavy atom. The van der Waals surface area contributed by atoms with Crippen molar-refractivity contribution in [2.75, 3.05) is 23.3 Å². The minimum absolute atomic E-state index is 0.0185. The summed E-state index contributed by atoms with van der Waals surface area (Å²) in [4.78, 5) is 8.56. The molecule has 1 saturated heterocycles. The van der Waals surface area contributed by atoms with Crippen LogP contribution in [0.2, 0.25) is 0 Å². The van der Waals surface area contributed by atoms with Gasteiger partial charge >= 0.3 is 0 Å². The molecule has 2 aliphatic heterocycles. The third-order valence-electron chi connectivity index (χ3n) is 6.40. The molecule has 0 atom stereocenters. The first-order chi connectivity index (χ1) is 15.4. The van der Waals surface area contributed by atoms with Crippen molar-refractivity contribution < 1.29 is 17.9 Å². The number of pyridine rings is 1. The van der Waals surface area contributed by atoms with Gasteiger partial charge in [0, 0.05) is 43.7 Å². The summed E-state index contributed by atoms with van der Waals surface area (Å²) < 4.78 is 46.5. The van der Waals surface area contributed by atoms with Crippen LogP contribution in [-0.4, -0.2) is 41.3 Å². The minimum Gasteiger partial charge on any atom is -0.487 e. The van der Waals surface area contributed by atoms with Crippen LogP contribution in [-0.2, 0) is 0 Å². The predicted octanol–water partition coefficient (Wildman–Crippen LogP) is 4.03. The zero-order chi connectivity index (χ0) is 22.4. The molecule has 0 bridgehead atoms. The zero-order valence-corrected chi connectivity index (χ0v) is 17.8.